The van der Waals surface area contributed by atoms with Crippen LogP contribution >= 0.6 is 11.6 Å². The third-order valence-electron chi connectivity index (χ3n) is 3.64. The predicted octanol–water partition coefficient (Wildman–Crippen LogP) is 4.41. The van der Waals surface area contributed by atoms with E-state index in [1.54, 1.807) is 20.4 Å². The van der Waals surface area contributed by atoms with Gasteiger partial charge in [-0.1, -0.05) is 29.8 Å². The average Bonchev–Trinajstić information content (AvgIpc) is 2.62. The molecule has 3 aromatic rings. The van der Waals surface area contributed by atoms with Gasteiger partial charge in [-0.2, -0.15) is 0 Å². The van der Waals surface area contributed by atoms with Gasteiger partial charge in [-0.3, -0.25) is 0 Å². The van der Waals surface area contributed by atoms with Crippen LogP contribution in [-0.2, 0) is 6.42 Å². The Bertz CT molecular complexity index is 852. The fourth-order valence-corrected chi connectivity index (χ4v) is 2.66. The summed E-state index contributed by atoms with van der Waals surface area (Å²) < 4.78 is 10.6. The van der Waals surface area contributed by atoms with Gasteiger partial charge >= 0.3 is 0 Å². The van der Waals surface area contributed by atoms with Crippen molar-refractivity contribution >= 4 is 11.6 Å². The second-order valence-electron chi connectivity index (χ2n) is 5.23. The number of aromatic nitrogens is 2. The van der Waals surface area contributed by atoms with Gasteiger partial charge in [0.2, 0.25) is 0 Å². The second kappa shape index (κ2) is 7.32. The van der Waals surface area contributed by atoms with Crippen LogP contribution in [0.1, 0.15) is 11.4 Å². The Morgan fingerprint density at radius 2 is 1.79 bits per heavy atom. The van der Waals surface area contributed by atoms with Crippen molar-refractivity contribution in [1.29, 1.82) is 0 Å². The maximum atomic E-state index is 6.06. The van der Waals surface area contributed by atoms with Crippen LogP contribution < -0.4 is 9.47 Å². The number of rotatable bonds is 5. The highest BCUT2D eigenvalue weighted by Crippen LogP contribution is 2.28. The molecule has 0 atom stereocenters. The van der Waals surface area contributed by atoms with Crippen molar-refractivity contribution < 1.29 is 9.47 Å². The molecular formula is C19H17ClN2O2. The quantitative estimate of drug-likeness (QED) is 0.690. The SMILES string of the molecule is COc1ccc(Cc2nccc(-c3cccc(Cl)c3)n2)cc1OC. The molecule has 0 aliphatic heterocycles. The van der Waals surface area contributed by atoms with Crippen molar-refractivity contribution in [2.75, 3.05) is 14.2 Å². The van der Waals surface area contributed by atoms with E-state index in [1.807, 2.05) is 48.5 Å². The lowest BCUT2D eigenvalue weighted by atomic mass is 10.1. The first-order valence-electron chi connectivity index (χ1n) is 7.48. The molecule has 0 aliphatic carbocycles. The molecule has 0 unspecified atom stereocenters. The molecule has 2 aromatic carbocycles. The van der Waals surface area contributed by atoms with E-state index in [2.05, 4.69) is 9.97 Å². The highest BCUT2D eigenvalue weighted by Gasteiger charge is 2.08. The number of nitrogens with zero attached hydrogens (tertiary/aromatic N) is 2. The molecule has 1 heterocycles. The minimum absolute atomic E-state index is 0.606. The zero-order chi connectivity index (χ0) is 16.9. The summed E-state index contributed by atoms with van der Waals surface area (Å²) in [6, 6.07) is 15.3. The first kappa shape index (κ1) is 16.3. The molecule has 1 aromatic heterocycles. The van der Waals surface area contributed by atoms with Crippen LogP contribution in [0.2, 0.25) is 5.02 Å². The maximum absolute atomic E-state index is 6.06. The van der Waals surface area contributed by atoms with E-state index >= 15 is 0 Å². The number of hydrogen-bond acceptors (Lipinski definition) is 4. The van der Waals surface area contributed by atoms with Crippen LogP contribution in [-0.4, -0.2) is 24.2 Å². The van der Waals surface area contributed by atoms with Gasteiger partial charge < -0.3 is 9.47 Å². The van der Waals surface area contributed by atoms with Crippen LogP contribution in [0, 0.1) is 0 Å². The summed E-state index contributed by atoms with van der Waals surface area (Å²) >= 11 is 6.06. The van der Waals surface area contributed by atoms with Crippen LogP contribution in [0.4, 0.5) is 0 Å². The Kier molecular flexibility index (Phi) is 4.96. The van der Waals surface area contributed by atoms with Crippen molar-refractivity contribution in [3.05, 3.63) is 71.1 Å². The monoisotopic (exact) mass is 340 g/mol. The van der Waals surface area contributed by atoms with Gasteiger partial charge in [0.1, 0.15) is 5.82 Å². The summed E-state index contributed by atoms with van der Waals surface area (Å²) in [6.07, 6.45) is 2.37. The Balaban J connectivity index is 1.87. The zero-order valence-corrected chi connectivity index (χ0v) is 14.2. The molecule has 0 bridgehead atoms. The van der Waals surface area contributed by atoms with Crippen molar-refractivity contribution in [3.63, 3.8) is 0 Å². The summed E-state index contributed by atoms with van der Waals surface area (Å²) in [7, 11) is 3.24. The fraction of sp³-hybridized carbons (Fsp3) is 0.158. The van der Waals surface area contributed by atoms with E-state index < -0.39 is 0 Å². The topological polar surface area (TPSA) is 44.2 Å². The molecule has 3 rings (SSSR count). The molecule has 0 amide bonds. The molecule has 0 fully saturated rings. The van der Waals surface area contributed by atoms with Gasteiger partial charge in [0.05, 0.1) is 19.9 Å². The van der Waals surface area contributed by atoms with Gasteiger partial charge in [0.15, 0.2) is 11.5 Å². The second-order valence-corrected chi connectivity index (χ2v) is 5.67. The van der Waals surface area contributed by atoms with E-state index in [-0.39, 0.29) is 0 Å². The number of hydrogen-bond donors (Lipinski definition) is 0. The van der Waals surface area contributed by atoms with Gasteiger partial charge in [0.25, 0.3) is 0 Å². The normalized spacial score (nSPS) is 10.5. The van der Waals surface area contributed by atoms with E-state index in [9.17, 15) is 0 Å². The first-order chi connectivity index (χ1) is 11.7. The van der Waals surface area contributed by atoms with E-state index in [4.69, 9.17) is 21.1 Å². The molecule has 5 heteroatoms. The average molecular weight is 341 g/mol. The Morgan fingerprint density at radius 1 is 0.958 bits per heavy atom. The molecule has 0 saturated carbocycles. The van der Waals surface area contributed by atoms with Gasteiger partial charge in [-0.05, 0) is 35.9 Å². The van der Waals surface area contributed by atoms with Crippen LogP contribution in [0.25, 0.3) is 11.3 Å². The molecule has 122 valence electrons. The molecular weight excluding hydrogens is 324 g/mol. The smallest absolute Gasteiger partial charge is 0.161 e. The summed E-state index contributed by atoms with van der Waals surface area (Å²) in [5.74, 6) is 2.13. The highest BCUT2D eigenvalue weighted by atomic mass is 35.5. The van der Waals surface area contributed by atoms with Crippen molar-refractivity contribution in [2.45, 2.75) is 6.42 Å². The molecule has 24 heavy (non-hydrogen) atoms. The van der Waals surface area contributed by atoms with E-state index in [1.165, 1.54) is 0 Å². The lowest BCUT2D eigenvalue weighted by Crippen LogP contribution is -1.99. The third kappa shape index (κ3) is 3.66. The zero-order valence-electron chi connectivity index (χ0n) is 13.5. The highest BCUT2D eigenvalue weighted by molar-refractivity contribution is 6.30. The predicted molar refractivity (Wildman–Crippen MR) is 94.8 cm³/mol. The number of ether oxygens (including phenoxy) is 2. The number of benzene rings is 2. The van der Waals surface area contributed by atoms with Gasteiger partial charge in [-0.25, -0.2) is 9.97 Å². The maximum Gasteiger partial charge on any atom is 0.161 e. The molecule has 0 spiro atoms. The Labute approximate surface area is 146 Å². The standard InChI is InChI=1S/C19H17ClN2O2/c1-23-17-7-6-13(10-18(17)24-2)11-19-21-9-8-16(22-19)14-4-3-5-15(20)12-14/h3-10,12H,11H2,1-2H3. The third-order valence-corrected chi connectivity index (χ3v) is 3.87. The molecule has 0 aliphatic rings. The Morgan fingerprint density at radius 3 is 2.54 bits per heavy atom. The number of halogens is 1. The summed E-state index contributed by atoms with van der Waals surface area (Å²) in [4.78, 5) is 9.00. The fourth-order valence-electron chi connectivity index (χ4n) is 2.47. The molecule has 0 saturated heterocycles. The van der Waals surface area contributed by atoms with Crippen molar-refractivity contribution in [3.8, 4) is 22.8 Å². The first-order valence-corrected chi connectivity index (χ1v) is 7.86. The summed E-state index contributed by atoms with van der Waals surface area (Å²) in [5.41, 5.74) is 2.87. The summed E-state index contributed by atoms with van der Waals surface area (Å²) in [6.45, 7) is 0. The van der Waals surface area contributed by atoms with Gasteiger partial charge in [-0.15, -0.1) is 0 Å². The molecule has 0 radical (unpaired) electrons. The number of methoxy groups -OCH3 is 2. The van der Waals surface area contributed by atoms with E-state index in [0.29, 0.717) is 22.9 Å². The van der Waals surface area contributed by atoms with Crippen LogP contribution in [0.3, 0.4) is 0 Å². The van der Waals surface area contributed by atoms with Gasteiger partial charge in [0, 0.05) is 23.2 Å². The minimum atomic E-state index is 0.606. The van der Waals surface area contributed by atoms with Crippen molar-refractivity contribution in [2.24, 2.45) is 0 Å². The van der Waals surface area contributed by atoms with Crippen molar-refractivity contribution in [1.82, 2.24) is 9.97 Å². The lowest BCUT2D eigenvalue weighted by Gasteiger charge is -2.09. The largest absolute Gasteiger partial charge is 0.493 e. The lowest BCUT2D eigenvalue weighted by molar-refractivity contribution is 0.354. The minimum Gasteiger partial charge on any atom is -0.493 e. The van der Waals surface area contributed by atoms with Crippen LogP contribution in [0.5, 0.6) is 11.5 Å². The molecule has 0 N–H and O–H groups in total. The van der Waals surface area contributed by atoms with Crippen LogP contribution in [0.15, 0.2) is 54.7 Å². The molecule has 4 nitrogen and oxygen atoms in total. The summed E-state index contributed by atoms with van der Waals surface area (Å²) in [5, 5.41) is 0.688. The Hall–Kier alpha value is -2.59. The van der Waals surface area contributed by atoms with E-state index in [0.717, 1.165) is 22.6 Å².